The lowest BCUT2D eigenvalue weighted by Gasteiger charge is -2.39. The summed E-state index contributed by atoms with van der Waals surface area (Å²) in [6, 6.07) is 6.25. The van der Waals surface area contributed by atoms with E-state index in [4.69, 9.17) is 4.74 Å². The van der Waals surface area contributed by atoms with Crippen LogP contribution < -0.4 is 10.2 Å². The van der Waals surface area contributed by atoms with Gasteiger partial charge >= 0.3 is 0 Å². The highest BCUT2D eigenvalue weighted by atomic mass is 16.5. The zero-order valence-corrected chi connectivity index (χ0v) is 20.3. The van der Waals surface area contributed by atoms with Gasteiger partial charge in [-0.25, -0.2) is 0 Å². The van der Waals surface area contributed by atoms with Gasteiger partial charge < -0.3 is 19.9 Å². The quantitative estimate of drug-likeness (QED) is 0.460. The molecule has 1 aliphatic carbocycles. The lowest BCUT2D eigenvalue weighted by molar-refractivity contribution is 0.0638. The van der Waals surface area contributed by atoms with Crippen LogP contribution in [0.15, 0.2) is 18.2 Å². The van der Waals surface area contributed by atoms with Gasteiger partial charge in [-0.3, -0.25) is 9.69 Å². The van der Waals surface area contributed by atoms with Crippen molar-refractivity contribution in [1.82, 2.24) is 9.80 Å². The second-order valence-electron chi connectivity index (χ2n) is 10.4. The molecule has 2 aliphatic heterocycles. The van der Waals surface area contributed by atoms with Gasteiger partial charge in [0, 0.05) is 45.0 Å². The number of ether oxygens (including phenoxy) is 1. The van der Waals surface area contributed by atoms with Gasteiger partial charge in [-0.05, 0) is 68.2 Å². The fraction of sp³-hybridized carbons (Fsp3) is 0.731. The van der Waals surface area contributed by atoms with E-state index in [0.717, 1.165) is 75.3 Å². The first-order valence-electron chi connectivity index (χ1n) is 12.8. The Morgan fingerprint density at radius 3 is 2.47 bits per heavy atom. The number of carbonyl (C=O) groups excluding carboxylic acids is 1. The van der Waals surface area contributed by atoms with Crippen LogP contribution in [0.5, 0.6) is 0 Å². The van der Waals surface area contributed by atoms with Crippen molar-refractivity contribution in [2.75, 3.05) is 69.4 Å². The van der Waals surface area contributed by atoms with Crippen LogP contribution in [-0.2, 0) is 4.74 Å². The number of anilines is 2. The van der Waals surface area contributed by atoms with Gasteiger partial charge in [0.05, 0.1) is 17.9 Å². The molecule has 1 aromatic rings. The average molecular weight is 443 g/mol. The van der Waals surface area contributed by atoms with Gasteiger partial charge in [0.15, 0.2) is 0 Å². The average Bonchev–Trinajstić information content (AvgIpc) is 3.61. The minimum absolute atomic E-state index is 0.179. The minimum Gasteiger partial charge on any atom is -0.370 e. The summed E-state index contributed by atoms with van der Waals surface area (Å²) < 4.78 is 5.78. The van der Waals surface area contributed by atoms with Crippen LogP contribution in [-0.4, -0.2) is 74.9 Å². The Labute approximate surface area is 194 Å². The maximum Gasteiger partial charge on any atom is 0.256 e. The standard InChI is InChI=1S/C26H42N4O2/c1-4-9-28-10-12-29(13-11-28)26(31)24-8-7-23(27-19-32-18-22-5-6-22)15-25(24)30-16-20(2)14-21(3)17-30/h7-8,15,20-22,27H,4-6,9-14,16-19H2,1-3H3. The van der Waals surface area contributed by atoms with Crippen LogP contribution in [0.1, 0.15) is 56.8 Å². The zero-order chi connectivity index (χ0) is 22.5. The Morgan fingerprint density at radius 1 is 1.09 bits per heavy atom. The number of rotatable bonds is 9. The van der Waals surface area contributed by atoms with Gasteiger partial charge in [-0.15, -0.1) is 0 Å². The van der Waals surface area contributed by atoms with Crippen LogP contribution in [0.25, 0.3) is 0 Å². The molecule has 4 rings (SSSR count). The summed E-state index contributed by atoms with van der Waals surface area (Å²) in [5.41, 5.74) is 2.96. The van der Waals surface area contributed by atoms with Crippen molar-refractivity contribution in [2.24, 2.45) is 17.8 Å². The number of hydrogen-bond acceptors (Lipinski definition) is 5. The Bertz CT molecular complexity index is 748. The van der Waals surface area contributed by atoms with E-state index in [1.807, 2.05) is 17.0 Å². The number of carbonyl (C=O) groups is 1. The van der Waals surface area contributed by atoms with Crippen LogP contribution >= 0.6 is 0 Å². The van der Waals surface area contributed by atoms with E-state index in [2.05, 4.69) is 42.0 Å². The molecule has 2 heterocycles. The van der Waals surface area contributed by atoms with E-state index in [9.17, 15) is 4.79 Å². The number of hydrogen-bond donors (Lipinski definition) is 1. The molecule has 1 N–H and O–H groups in total. The molecule has 0 aromatic heterocycles. The molecule has 3 fully saturated rings. The summed E-state index contributed by atoms with van der Waals surface area (Å²) in [5.74, 6) is 2.22. The molecular formula is C26H42N4O2. The molecule has 6 nitrogen and oxygen atoms in total. The summed E-state index contributed by atoms with van der Waals surface area (Å²) in [7, 11) is 0. The van der Waals surface area contributed by atoms with Crippen molar-refractivity contribution >= 4 is 17.3 Å². The number of amides is 1. The third-order valence-corrected chi connectivity index (χ3v) is 7.07. The summed E-state index contributed by atoms with van der Waals surface area (Å²) in [6.45, 7) is 15.0. The van der Waals surface area contributed by atoms with Crippen LogP contribution in [0.4, 0.5) is 11.4 Å². The van der Waals surface area contributed by atoms with Crippen LogP contribution in [0, 0.1) is 17.8 Å². The number of nitrogens with one attached hydrogen (secondary N) is 1. The molecule has 2 saturated heterocycles. The SMILES string of the molecule is CCCN1CCN(C(=O)c2ccc(NCOCC3CC3)cc2N2CC(C)CC(C)C2)CC1. The molecule has 1 aromatic carbocycles. The fourth-order valence-electron chi connectivity index (χ4n) is 5.25. The summed E-state index contributed by atoms with van der Waals surface area (Å²) in [4.78, 5) is 20.5. The smallest absolute Gasteiger partial charge is 0.256 e. The highest BCUT2D eigenvalue weighted by molar-refractivity contribution is 6.00. The minimum atomic E-state index is 0.179. The largest absolute Gasteiger partial charge is 0.370 e. The predicted molar refractivity (Wildman–Crippen MR) is 131 cm³/mol. The first-order chi connectivity index (χ1) is 15.5. The summed E-state index contributed by atoms with van der Waals surface area (Å²) >= 11 is 0. The monoisotopic (exact) mass is 442 g/mol. The highest BCUT2D eigenvalue weighted by Gasteiger charge is 2.28. The van der Waals surface area contributed by atoms with Crippen molar-refractivity contribution in [3.8, 4) is 0 Å². The van der Waals surface area contributed by atoms with Gasteiger partial charge in [0.25, 0.3) is 5.91 Å². The molecule has 2 unspecified atom stereocenters. The molecule has 1 saturated carbocycles. The number of piperidine rings is 1. The third-order valence-electron chi connectivity index (χ3n) is 7.07. The molecule has 0 bridgehead atoms. The molecule has 2 atom stereocenters. The zero-order valence-electron chi connectivity index (χ0n) is 20.3. The Hall–Kier alpha value is -1.79. The normalized spacial score (nSPS) is 24.6. The van der Waals surface area contributed by atoms with Gasteiger partial charge in [-0.2, -0.15) is 0 Å². The van der Waals surface area contributed by atoms with E-state index in [0.29, 0.717) is 18.6 Å². The fourth-order valence-corrected chi connectivity index (χ4v) is 5.25. The molecule has 1 amide bonds. The predicted octanol–water partition coefficient (Wildman–Crippen LogP) is 4.13. The number of nitrogens with zero attached hydrogens (tertiary/aromatic N) is 3. The van der Waals surface area contributed by atoms with Crippen molar-refractivity contribution < 1.29 is 9.53 Å². The summed E-state index contributed by atoms with van der Waals surface area (Å²) in [5, 5.41) is 3.41. The second kappa shape index (κ2) is 10.9. The van der Waals surface area contributed by atoms with Crippen molar-refractivity contribution in [3.63, 3.8) is 0 Å². The second-order valence-corrected chi connectivity index (χ2v) is 10.4. The van der Waals surface area contributed by atoms with Crippen molar-refractivity contribution in [3.05, 3.63) is 23.8 Å². The molecule has 3 aliphatic rings. The van der Waals surface area contributed by atoms with E-state index < -0.39 is 0 Å². The number of piperazine rings is 1. The topological polar surface area (TPSA) is 48.1 Å². The van der Waals surface area contributed by atoms with Crippen LogP contribution in [0.2, 0.25) is 0 Å². The van der Waals surface area contributed by atoms with Gasteiger partial charge in [-0.1, -0.05) is 20.8 Å². The Morgan fingerprint density at radius 2 is 1.81 bits per heavy atom. The van der Waals surface area contributed by atoms with E-state index in [1.165, 1.54) is 25.7 Å². The number of benzene rings is 1. The molecule has 178 valence electrons. The lowest BCUT2D eigenvalue weighted by Crippen LogP contribution is -2.49. The van der Waals surface area contributed by atoms with Gasteiger partial charge in [0.1, 0.15) is 6.73 Å². The molecule has 32 heavy (non-hydrogen) atoms. The first-order valence-corrected chi connectivity index (χ1v) is 12.8. The van der Waals surface area contributed by atoms with Crippen molar-refractivity contribution in [2.45, 2.75) is 46.5 Å². The molecular weight excluding hydrogens is 400 g/mol. The lowest BCUT2D eigenvalue weighted by atomic mass is 9.91. The Kier molecular flexibility index (Phi) is 7.95. The maximum absolute atomic E-state index is 13.6. The molecule has 0 radical (unpaired) electrons. The van der Waals surface area contributed by atoms with E-state index in [1.54, 1.807) is 0 Å². The van der Waals surface area contributed by atoms with Crippen molar-refractivity contribution in [1.29, 1.82) is 0 Å². The summed E-state index contributed by atoms with van der Waals surface area (Å²) in [6.07, 6.45) is 5.03. The molecule has 6 heteroatoms. The maximum atomic E-state index is 13.6. The van der Waals surface area contributed by atoms with E-state index >= 15 is 0 Å². The van der Waals surface area contributed by atoms with E-state index in [-0.39, 0.29) is 5.91 Å². The highest BCUT2D eigenvalue weighted by Crippen LogP contribution is 2.32. The van der Waals surface area contributed by atoms with Gasteiger partial charge in [0.2, 0.25) is 0 Å². The first kappa shape index (κ1) is 23.4. The van der Waals surface area contributed by atoms with Crippen LogP contribution in [0.3, 0.4) is 0 Å². The Balaban J connectivity index is 1.48. The molecule has 0 spiro atoms. The third kappa shape index (κ3) is 6.16.